The molecule has 0 amide bonds. The molecule has 0 aromatic carbocycles. The topological polar surface area (TPSA) is 6.48 Å². The summed E-state index contributed by atoms with van der Waals surface area (Å²) in [4.78, 5) is 4.73. The zero-order valence-corrected chi connectivity index (χ0v) is 13.4. The van der Waals surface area contributed by atoms with E-state index in [0.29, 0.717) is 0 Å². The van der Waals surface area contributed by atoms with E-state index in [4.69, 9.17) is 0 Å². The molecule has 0 radical (unpaired) electrons. The Kier molecular flexibility index (Phi) is 15.8. The molecule has 0 aromatic rings. The van der Waals surface area contributed by atoms with Gasteiger partial charge >= 0.3 is 0 Å². The van der Waals surface area contributed by atoms with E-state index in [1.807, 2.05) is 13.8 Å². The first-order valence-electron chi connectivity index (χ1n) is 7.43. The Bertz CT molecular complexity index is 127. The predicted octanol–water partition coefficient (Wildman–Crippen LogP) is 3.72. The molecular weight excluding hydrogens is 208 g/mol. The molecule has 1 aliphatic heterocycles. The third-order valence-electron chi connectivity index (χ3n) is 2.82. The Morgan fingerprint density at radius 2 is 1.47 bits per heavy atom. The molecule has 1 saturated heterocycles. The van der Waals surface area contributed by atoms with Crippen LogP contribution in [-0.2, 0) is 0 Å². The fraction of sp³-hybridized carbons (Fsp3) is 1.00. The number of hydrogen-bond acceptors (Lipinski definition) is 2. The quantitative estimate of drug-likeness (QED) is 0.746. The van der Waals surface area contributed by atoms with E-state index in [1.165, 1.54) is 45.3 Å². The van der Waals surface area contributed by atoms with Crippen LogP contribution in [0.4, 0.5) is 0 Å². The normalized spacial score (nSPS) is 16.9. The third-order valence-corrected chi connectivity index (χ3v) is 2.82. The van der Waals surface area contributed by atoms with E-state index >= 15 is 0 Å². The van der Waals surface area contributed by atoms with Crippen LogP contribution in [-0.4, -0.2) is 50.6 Å². The fourth-order valence-electron chi connectivity index (χ4n) is 1.79. The fourth-order valence-corrected chi connectivity index (χ4v) is 1.79. The van der Waals surface area contributed by atoms with Crippen LogP contribution in [0.25, 0.3) is 0 Å². The predicted molar refractivity (Wildman–Crippen MR) is 80.7 cm³/mol. The molecule has 1 aliphatic rings. The van der Waals surface area contributed by atoms with Crippen molar-refractivity contribution in [3.8, 4) is 0 Å². The molecule has 0 spiro atoms. The number of piperidine rings is 1. The number of nitrogens with zero attached hydrogens (tertiary/aromatic N) is 2. The molecule has 1 fully saturated rings. The minimum absolute atomic E-state index is 0.989. The van der Waals surface area contributed by atoms with Crippen molar-refractivity contribution in [3.05, 3.63) is 0 Å². The van der Waals surface area contributed by atoms with E-state index in [1.54, 1.807) is 0 Å². The summed E-state index contributed by atoms with van der Waals surface area (Å²) in [7, 11) is 6.55. The highest BCUT2D eigenvalue weighted by Gasteiger charge is 2.15. The summed E-state index contributed by atoms with van der Waals surface area (Å²) in [6.45, 7) is 12.1. The first kappa shape index (κ1) is 19.3. The lowest BCUT2D eigenvalue weighted by Crippen LogP contribution is -2.31. The monoisotopic (exact) mass is 244 g/mol. The Morgan fingerprint density at radius 1 is 1.06 bits per heavy atom. The second kappa shape index (κ2) is 14.0. The standard InChI is InChI=1S/C10H22N2.C3H8.C2H6/c1-11(2)7-4-10-5-8-12(3)9-6-10;1-3-2;1-2/h10H,4-9H2,1-3H3;3H2,1-2H3;1-2H3. The van der Waals surface area contributed by atoms with Crippen molar-refractivity contribution >= 4 is 0 Å². The van der Waals surface area contributed by atoms with Crippen LogP contribution in [0, 0.1) is 5.92 Å². The van der Waals surface area contributed by atoms with Crippen LogP contribution in [0.3, 0.4) is 0 Å². The highest BCUT2D eigenvalue weighted by Crippen LogP contribution is 2.19. The summed E-state index contributed by atoms with van der Waals surface area (Å²) in [6.07, 6.45) is 5.45. The Morgan fingerprint density at radius 3 is 1.82 bits per heavy atom. The molecule has 0 aromatic heterocycles. The van der Waals surface area contributed by atoms with Crippen LogP contribution in [0.5, 0.6) is 0 Å². The van der Waals surface area contributed by atoms with Crippen LogP contribution in [0.2, 0.25) is 0 Å². The van der Waals surface area contributed by atoms with Gasteiger partial charge in [0.25, 0.3) is 0 Å². The molecule has 0 unspecified atom stereocenters. The summed E-state index contributed by atoms with van der Waals surface area (Å²) in [5.41, 5.74) is 0. The van der Waals surface area contributed by atoms with E-state index in [0.717, 1.165) is 5.92 Å². The van der Waals surface area contributed by atoms with Crippen molar-refractivity contribution in [2.75, 3.05) is 40.8 Å². The maximum absolute atomic E-state index is 2.44. The van der Waals surface area contributed by atoms with Gasteiger partial charge in [-0.1, -0.05) is 34.1 Å². The summed E-state index contributed by atoms with van der Waals surface area (Å²) in [5.74, 6) is 0.989. The smallest absolute Gasteiger partial charge is 0.00191 e. The van der Waals surface area contributed by atoms with Crippen LogP contribution >= 0.6 is 0 Å². The molecule has 1 heterocycles. The van der Waals surface area contributed by atoms with Crippen LogP contribution in [0.1, 0.15) is 53.4 Å². The molecule has 17 heavy (non-hydrogen) atoms. The van der Waals surface area contributed by atoms with Gasteiger partial charge in [-0.15, -0.1) is 0 Å². The molecule has 0 aliphatic carbocycles. The molecule has 0 atom stereocenters. The summed E-state index contributed by atoms with van der Waals surface area (Å²) >= 11 is 0. The molecule has 0 saturated carbocycles. The number of rotatable bonds is 3. The highest BCUT2D eigenvalue weighted by atomic mass is 15.1. The van der Waals surface area contributed by atoms with Crippen molar-refractivity contribution in [3.63, 3.8) is 0 Å². The molecule has 1 rings (SSSR count). The van der Waals surface area contributed by atoms with Gasteiger partial charge in [0.05, 0.1) is 0 Å². The lowest BCUT2D eigenvalue weighted by atomic mass is 9.94. The van der Waals surface area contributed by atoms with Gasteiger partial charge in [0.15, 0.2) is 0 Å². The average Bonchev–Trinajstić information content (AvgIpc) is 2.32. The first-order valence-corrected chi connectivity index (χ1v) is 7.43. The van der Waals surface area contributed by atoms with Crippen LogP contribution < -0.4 is 0 Å². The zero-order chi connectivity index (χ0) is 13.7. The van der Waals surface area contributed by atoms with Crippen molar-refractivity contribution in [2.24, 2.45) is 5.92 Å². The maximum atomic E-state index is 2.44. The van der Waals surface area contributed by atoms with E-state index in [-0.39, 0.29) is 0 Å². The Balaban J connectivity index is 0. The number of hydrogen-bond donors (Lipinski definition) is 0. The van der Waals surface area contributed by atoms with Gasteiger partial charge in [0.1, 0.15) is 0 Å². The molecule has 106 valence electrons. The van der Waals surface area contributed by atoms with Crippen molar-refractivity contribution in [2.45, 2.75) is 53.4 Å². The van der Waals surface area contributed by atoms with Gasteiger partial charge < -0.3 is 9.80 Å². The summed E-state index contributed by atoms with van der Waals surface area (Å²) < 4.78 is 0. The molecular formula is C15H36N2. The summed E-state index contributed by atoms with van der Waals surface area (Å²) in [6, 6.07) is 0. The van der Waals surface area contributed by atoms with Crippen LogP contribution in [0.15, 0.2) is 0 Å². The maximum Gasteiger partial charge on any atom is -0.00191 e. The second-order valence-electron chi connectivity index (χ2n) is 5.05. The van der Waals surface area contributed by atoms with Gasteiger partial charge in [-0.2, -0.15) is 0 Å². The Labute approximate surface area is 110 Å². The van der Waals surface area contributed by atoms with E-state index in [9.17, 15) is 0 Å². The van der Waals surface area contributed by atoms with Crippen molar-refractivity contribution in [1.82, 2.24) is 9.80 Å². The lowest BCUT2D eigenvalue weighted by molar-refractivity contribution is 0.201. The number of likely N-dealkylation sites (tertiary alicyclic amines) is 1. The lowest BCUT2D eigenvalue weighted by Gasteiger charge is -2.29. The van der Waals surface area contributed by atoms with Crippen molar-refractivity contribution in [1.29, 1.82) is 0 Å². The van der Waals surface area contributed by atoms with Gasteiger partial charge in [0.2, 0.25) is 0 Å². The molecule has 2 heteroatoms. The van der Waals surface area contributed by atoms with Crippen molar-refractivity contribution < 1.29 is 0 Å². The second-order valence-corrected chi connectivity index (χ2v) is 5.05. The van der Waals surface area contributed by atoms with E-state index in [2.05, 4.69) is 44.8 Å². The SMILES string of the molecule is CC.CCC.CN(C)CCC1CCN(C)CC1. The zero-order valence-electron chi connectivity index (χ0n) is 13.4. The average molecular weight is 244 g/mol. The largest absolute Gasteiger partial charge is 0.309 e. The molecule has 0 N–H and O–H groups in total. The minimum atomic E-state index is 0.989. The van der Waals surface area contributed by atoms with Gasteiger partial charge in [-0.3, -0.25) is 0 Å². The van der Waals surface area contributed by atoms with Gasteiger partial charge in [0, 0.05) is 0 Å². The van der Waals surface area contributed by atoms with Gasteiger partial charge in [-0.05, 0) is 66.0 Å². The van der Waals surface area contributed by atoms with E-state index < -0.39 is 0 Å². The highest BCUT2D eigenvalue weighted by molar-refractivity contribution is 4.70. The van der Waals surface area contributed by atoms with Gasteiger partial charge in [-0.25, -0.2) is 0 Å². The molecule has 0 bridgehead atoms. The molecule has 2 nitrogen and oxygen atoms in total. The summed E-state index contributed by atoms with van der Waals surface area (Å²) in [5, 5.41) is 0. The Hall–Kier alpha value is -0.0800. The third kappa shape index (κ3) is 13.9. The first-order chi connectivity index (χ1) is 8.10. The minimum Gasteiger partial charge on any atom is -0.309 e.